The lowest BCUT2D eigenvalue weighted by atomic mass is 9.95. The number of carbonyl (C=O) groups excluding carboxylic acids is 1. The molecule has 20 heavy (non-hydrogen) atoms. The van der Waals surface area contributed by atoms with Crippen molar-refractivity contribution >= 4 is 15.9 Å². The van der Waals surface area contributed by atoms with Crippen LogP contribution in [0, 0.1) is 11.8 Å². The Kier molecular flexibility index (Phi) is 6.42. The van der Waals surface area contributed by atoms with Gasteiger partial charge in [-0.3, -0.25) is 4.79 Å². The van der Waals surface area contributed by atoms with Crippen LogP contribution in [0.4, 0.5) is 0 Å². The Morgan fingerprint density at radius 1 is 1.40 bits per heavy atom. The third kappa shape index (κ3) is 4.71. The summed E-state index contributed by atoms with van der Waals surface area (Å²) in [7, 11) is -1.43. The number of carbonyl (C=O) groups is 1. The Hall–Kier alpha value is -0.660. The molecule has 1 rings (SSSR count). The van der Waals surface area contributed by atoms with Crippen molar-refractivity contribution in [1.82, 2.24) is 14.9 Å². The van der Waals surface area contributed by atoms with E-state index in [1.165, 1.54) is 4.31 Å². The van der Waals surface area contributed by atoms with Gasteiger partial charge in [0.25, 0.3) is 0 Å². The zero-order valence-corrected chi connectivity index (χ0v) is 13.7. The van der Waals surface area contributed by atoms with Gasteiger partial charge in [0.1, 0.15) is 0 Å². The predicted octanol–water partition coefficient (Wildman–Crippen LogP) is 0.0182. The van der Waals surface area contributed by atoms with Gasteiger partial charge in [-0.2, -0.15) is 0 Å². The quantitative estimate of drug-likeness (QED) is 0.725. The van der Waals surface area contributed by atoms with Gasteiger partial charge in [-0.25, -0.2) is 12.7 Å². The van der Waals surface area contributed by atoms with Crippen molar-refractivity contribution in [2.24, 2.45) is 11.8 Å². The molecular weight excluding hydrogens is 278 g/mol. The molecule has 0 aromatic heterocycles. The molecule has 0 bridgehead atoms. The molecule has 1 saturated heterocycles. The molecule has 2 atom stereocenters. The summed E-state index contributed by atoms with van der Waals surface area (Å²) >= 11 is 0. The van der Waals surface area contributed by atoms with Crippen molar-refractivity contribution in [3.8, 4) is 0 Å². The molecular formula is C13H27N3O3S. The summed E-state index contributed by atoms with van der Waals surface area (Å²) in [5.74, 6) is 0.214. The van der Waals surface area contributed by atoms with Gasteiger partial charge in [-0.05, 0) is 19.4 Å². The Morgan fingerprint density at radius 3 is 2.60 bits per heavy atom. The predicted molar refractivity (Wildman–Crippen MR) is 79.8 cm³/mol. The lowest BCUT2D eigenvalue weighted by Gasteiger charge is -2.36. The number of piperidine rings is 1. The summed E-state index contributed by atoms with van der Waals surface area (Å²) < 4.78 is 26.0. The highest BCUT2D eigenvalue weighted by Crippen LogP contribution is 2.19. The van der Waals surface area contributed by atoms with Crippen molar-refractivity contribution < 1.29 is 13.2 Å². The SMILES string of the molecule is CNC1CN(S(=O)(=O)CCNC(=O)C(C)C)CCC1C. The molecule has 6 nitrogen and oxygen atoms in total. The van der Waals surface area contributed by atoms with Crippen molar-refractivity contribution in [2.75, 3.05) is 32.4 Å². The van der Waals surface area contributed by atoms with Crippen LogP contribution >= 0.6 is 0 Å². The maximum atomic E-state index is 12.3. The first-order valence-electron chi connectivity index (χ1n) is 7.20. The van der Waals surface area contributed by atoms with Crippen LogP contribution in [0.25, 0.3) is 0 Å². The Bertz CT molecular complexity index is 423. The van der Waals surface area contributed by atoms with Crippen molar-refractivity contribution in [3.63, 3.8) is 0 Å². The summed E-state index contributed by atoms with van der Waals surface area (Å²) in [4.78, 5) is 11.4. The number of hydrogen-bond donors (Lipinski definition) is 2. The molecule has 0 aromatic rings. The second-order valence-corrected chi connectivity index (χ2v) is 7.87. The largest absolute Gasteiger partial charge is 0.355 e. The normalized spacial score (nSPS) is 24.9. The number of amides is 1. The number of hydrogen-bond acceptors (Lipinski definition) is 4. The monoisotopic (exact) mass is 305 g/mol. The molecule has 1 amide bonds. The highest BCUT2D eigenvalue weighted by Gasteiger charge is 2.31. The van der Waals surface area contributed by atoms with Crippen molar-refractivity contribution in [1.29, 1.82) is 0 Å². The average Bonchev–Trinajstić information content (AvgIpc) is 2.38. The van der Waals surface area contributed by atoms with Gasteiger partial charge >= 0.3 is 0 Å². The summed E-state index contributed by atoms with van der Waals surface area (Å²) in [6.45, 7) is 6.96. The fourth-order valence-corrected chi connectivity index (χ4v) is 3.69. The molecule has 0 saturated carbocycles. The van der Waals surface area contributed by atoms with Crippen molar-refractivity contribution in [3.05, 3.63) is 0 Å². The van der Waals surface area contributed by atoms with Crippen LogP contribution < -0.4 is 10.6 Å². The van der Waals surface area contributed by atoms with Crippen LogP contribution in [0.2, 0.25) is 0 Å². The van der Waals surface area contributed by atoms with E-state index in [1.807, 2.05) is 7.05 Å². The lowest BCUT2D eigenvalue weighted by molar-refractivity contribution is -0.123. The Labute approximate surface area is 122 Å². The average molecular weight is 305 g/mol. The van der Waals surface area contributed by atoms with Crippen LogP contribution in [-0.2, 0) is 14.8 Å². The molecule has 2 N–H and O–H groups in total. The highest BCUT2D eigenvalue weighted by atomic mass is 32.2. The van der Waals surface area contributed by atoms with Gasteiger partial charge in [0.15, 0.2) is 0 Å². The van der Waals surface area contributed by atoms with Gasteiger partial charge in [0.2, 0.25) is 15.9 Å². The summed E-state index contributed by atoms with van der Waals surface area (Å²) in [5, 5.41) is 5.82. The third-order valence-electron chi connectivity index (χ3n) is 3.87. The molecule has 1 aliphatic heterocycles. The van der Waals surface area contributed by atoms with Crippen LogP contribution in [0.5, 0.6) is 0 Å². The zero-order chi connectivity index (χ0) is 15.3. The highest BCUT2D eigenvalue weighted by molar-refractivity contribution is 7.89. The first kappa shape index (κ1) is 17.4. The van der Waals surface area contributed by atoms with E-state index in [1.54, 1.807) is 13.8 Å². The molecule has 0 radical (unpaired) electrons. The lowest BCUT2D eigenvalue weighted by Crippen LogP contribution is -2.52. The van der Waals surface area contributed by atoms with Crippen LogP contribution in [0.3, 0.4) is 0 Å². The molecule has 0 aliphatic carbocycles. The summed E-state index contributed by atoms with van der Waals surface area (Å²) in [6.07, 6.45) is 0.864. The summed E-state index contributed by atoms with van der Waals surface area (Å²) in [6, 6.07) is 0.198. The van der Waals surface area contributed by atoms with E-state index < -0.39 is 10.0 Å². The standard InChI is InChI=1S/C13H27N3O3S/c1-10(2)13(17)15-6-8-20(18,19)16-7-5-11(3)12(9-16)14-4/h10-12,14H,5-9H2,1-4H3,(H,15,17). The number of rotatable bonds is 6. The summed E-state index contributed by atoms with van der Waals surface area (Å²) in [5.41, 5.74) is 0. The van der Waals surface area contributed by atoms with Gasteiger partial charge in [0, 0.05) is 31.6 Å². The first-order chi connectivity index (χ1) is 9.27. The van der Waals surface area contributed by atoms with E-state index in [9.17, 15) is 13.2 Å². The maximum Gasteiger partial charge on any atom is 0.222 e. The molecule has 1 heterocycles. The fourth-order valence-electron chi connectivity index (χ4n) is 2.30. The van der Waals surface area contributed by atoms with Crippen LogP contribution in [-0.4, -0.2) is 57.1 Å². The van der Waals surface area contributed by atoms with E-state index in [-0.39, 0.29) is 30.2 Å². The van der Waals surface area contributed by atoms with Crippen LogP contribution in [0.15, 0.2) is 0 Å². The minimum Gasteiger partial charge on any atom is -0.355 e. The Morgan fingerprint density at radius 2 is 2.05 bits per heavy atom. The molecule has 0 aromatic carbocycles. The minimum atomic E-state index is -3.29. The van der Waals surface area contributed by atoms with E-state index in [0.717, 1.165) is 6.42 Å². The second kappa shape index (κ2) is 7.38. The minimum absolute atomic E-state index is 0.0315. The Balaban J connectivity index is 2.50. The van der Waals surface area contributed by atoms with Gasteiger partial charge in [-0.15, -0.1) is 0 Å². The zero-order valence-electron chi connectivity index (χ0n) is 12.8. The molecule has 118 valence electrons. The molecule has 0 spiro atoms. The van der Waals surface area contributed by atoms with Gasteiger partial charge in [-0.1, -0.05) is 20.8 Å². The van der Waals surface area contributed by atoms with Gasteiger partial charge < -0.3 is 10.6 Å². The van der Waals surface area contributed by atoms with E-state index in [0.29, 0.717) is 19.0 Å². The van der Waals surface area contributed by atoms with Gasteiger partial charge in [0.05, 0.1) is 5.75 Å². The number of nitrogens with one attached hydrogen (secondary N) is 2. The second-order valence-electron chi connectivity index (χ2n) is 5.78. The topological polar surface area (TPSA) is 78.5 Å². The maximum absolute atomic E-state index is 12.3. The van der Waals surface area contributed by atoms with E-state index in [2.05, 4.69) is 17.6 Å². The number of likely N-dealkylation sites (N-methyl/N-ethyl adjacent to an activating group) is 1. The molecule has 2 unspecified atom stereocenters. The fraction of sp³-hybridized carbons (Fsp3) is 0.923. The first-order valence-corrected chi connectivity index (χ1v) is 8.81. The third-order valence-corrected chi connectivity index (χ3v) is 5.71. The number of sulfonamides is 1. The smallest absolute Gasteiger partial charge is 0.222 e. The van der Waals surface area contributed by atoms with Crippen molar-refractivity contribution in [2.45, 2.75) is 33.2 Å². The van der Waals surface area contributed by atoms with E-state index >= 15 is 0 Å². The van der Waals surface area contributed by atoms with Crippen LogP contribution in [0.1, 0.15) is 27.2 Å². The molecule has 1 fully saturated rings. The number of nitrogens with zero attached hydrogens (tertiary/aromatic N) is 1. The van der Waals surface area contributed by atoms with E-state index in [4.69, 9.17) is 0 Å². The molecule has 7 heteroatoms. The molecule has 1 aliphatic rings.